The standard InChI is InChI=1S/C62H110O9/c1-3-5-7-9-11-13-15-17-19-21-23-25-27-28-29-30-32-34-36-38-40-42-44-46-48-50-52-68-54-56(55-69-62-61(67)60(66)59(65)57(53-63)71-62)70-58(64)51-49-47-45-43-41-39-37-35-33-31-26-24-22-20-18-16-14-12-10-8-6-4-2/h5,7,11,13,17,19,23,25,28-29,32,34,56-57,59-63,65-67H,3-4,6,8-10,12,14-16,18,20-22,24,26-27,30-31,33,35-55H2,1-2H3/b7-5-,13-11-,19-17-,25-23-,29-28-,34-32-. The number of carbonyl (C=O) groups excluding carboxylic acids is 1. The van der Waals surface area contributed by atoms with Crippen LogP contribution in [-0.2, 0) is 23.7 Å². The molecule has 0 aromatic heterocycles. The second-order valence-corrected chi connectivity index (χ2v) is 20.1. The van der Waals surface area contributed by atoms with Crippen molar-refractivity contribution in [2.24, 2.45) is 0 Å². The van der Waals surface area contributed by atoms with Crippen LogP contribution in [0.1, 0.15) is 251 Å². The van der Waals surface area contributed by atoms with Crippen LogP contribution in [0.3, 0.4) is 0 Å². The average molecular weight is 1000 g/mol. The third kappa shape index (κ3) is 42.7. The first-order chi connectivity index (χ1) is 34.9. The van der Waals surface area contributed by atoms with Gasteiger partial charge < -0.3 is 39.4 Å². The third-order valence-electron chi connectivity index (χ3n) is 13.4. The zero-order valence-corrected chi connectivity index (χ0v) is 45.7. The van der Waals surface area contributed by atoms with E-state index in [0.29, 0.717) is 13.0 Å². The molecule has 1 heterocycles. The molecular weight excluding hydrogens is 889 g/mol. The van der Waals surface area contributed by atoms with E-state index in [1.54, 1.807) is 0 Å². The van der Waals surface area contributed by atoms with E-state index in [1.807, 2.05) is 0 Å². The number of aliphatic hydroxyl groups excluding tert-OH is 4. The highest BCUT2D eigenvalue weighted by Gasteiger charge is 2.44. The monoisotopic (exact) mass is 999 g/mol. The summed E-state index contributed by atoms with van der Waals surface area (Å²) in [5.74, 6) is -0.315. The summed E-state index contributed by atoms with van der Waals surface area (Å²) in [6.07, 6.45) is 63.8. The van der Waals surface area contributed by atoms with Crippen LogP contribution in [0.15, 0.2) is 72.9 Å². The molecule has 6 atom stereocenters. The lowest BCUT2D eigenvalue weighted by molar-refractivity contribution is -0.305. The molecule has 1 rings (SSSR count). The Kier molecular flexibility index (Phi) is 49.3. The second kappa shape index (κ2) is 52.5. The van der Waals surface area contributed by atoms with Gasteiger partial charge in [-0.25, -0.2) is 0 Å². The first-order valence-electron chi connectivity index (χ1n) is 29.5. The largest absolute Gasteiger partial charge is 0.457 e. The molecule has 0 spiro atoms. The molecule has 0 radical (unpaired) electrons. The summed E-state index contributed by atoms with van der Waals surface area (Å²) >= 11 is 0. The van der Waals surface area contributed by atoms with Crippen LogP contribution in [0.4, 0.5) is 0 Å². The predicted molar refractivity (Wildman–Crippen MR) is 297 cm³/mol. The fraction of sp³-hybridized carbons (Fsp3) is 0.790. The molecule has 0 aromatic rings. The van der Waals surface area contributed by atoms with E-state index in [0.717, 1.165) is 83.5 Å². The maximum Gasteiger partial charge on any atom is 0.306 e. The Morgan fingerprint density at radius 1 is 0.465 bits per heavy atom. The fourth-order valence-electron chi connectivity index (χ4n) is 8.85. The number of hydrogen-bond acceptors (Lipinski definition) is 9. The van der Waals surface area contributed by atoms with Gasteiger partial charge in [-0.1, -0.05) is 254 Å². The number of esters is 1. The van der Waals surface area contributed by atoms with Crippen molar-refractivity contribution >= 4 is 5.97 Å². The quantitative estimate of drug-likeness (QED) is 0.0267. The Balaban J connectivity index is 2.16. The van der Waals surface area contributed by atoms with Crippen LogP contribution in [0.5, 0.6) is 0 Å². The van der Waals surface area contributed by atoms with Gasteiger partial charge in [-0.3, -0.25) is 4.79 Å². The lowest BCUT2D eigenvalue weighted by atomic mass is 9.99. The first kappa shape index (κ1) is 66.6. The molecular formula is C62H110O9. The Morgan fingerprint density at radius 3 is 1.30 bits per heavy atom. The lowest BCUT2D eigenvalue weighted by Crippen LogP contribution is -2.59. The van der Waals surface area contributed by atoms with Crippen molar-refractivity contribution in [3.63, 3.8) is 0 Å². The number of allylic oxidation sites excluding steroid dienone is 12. The van der Waals surface area contributed by atoms with Gasteiger partial charge in [0.1, 0.15) is 30.5 Å². The normalized spacial score (nSPS) is 19.3. The van der Waals surface area contributed by atoms with E-state index in [-0.39, 0.29) is 19.2 Å². The molecule has 9 nitrogen and oxygen atoms in total. The van der Waals surface area contributed by atoms with Gasteiger partial charge in [-0.2, -0.15) is 0 Å². The topological polar surface area (TPSA) is 135 Å². The van der Waals surface area contributed by atoms with Gasteiger partial charge in [0.25, 0.3) is 0 Å². The van der Waals surface area contributed by atoms with Gasteiger partial charge in [0.15, 0.2) is 6.29 Å². The van der Waals surface area contributed by atoms with Crippen molar-refractivity contribution in [3.8, 4) is 0 Å². The zero-order valence-electron chi connectivity index (χ0n) is 45.7. The van der Waals surface area contributed by atoms with Gasteiger partial charge in [0.05, 0.1) is 19.8 Å². The Bertz CT molecular complexity index is 1320. The van der Waals surface area contributed by atoms with Crippen LogP contribution in [0.25, 0.3) is 0 Å². The van der Waals surface area contributed by atoms with Crippen LogP contribution in [-0.4, -0.2) is 89.6 Å². The first-order valence-corrected chi connectivity index (χ1v) is 29.5. The van der Waals surface area contributed by atoms with Crippen LogP contribution in [0, 0.1) is 0 Å². The number of ether oxygens (including phenoxy) is 4. The number of hydrogen-bond donors (Lipinski definition) is 4. The van der Waals surface area contributed by atoms with Gasteiger partial charge in [-0.05, 0) is 64.2 Å². The van der Waals surface area contributed by atoms with Crippen LogP contribution >= 0.6 is 0 Å². The van der Waals surface area contributed by atoms with E-state index in [2.05, 4.69) is 86.8 Å². The number of rotatable bonds is 51. The molecule has 1 fully saturated rings. The SMILES string of the molecule is CC/C=C\C/C=C\C/C=C\C/C=C\C/C=C\C/C=C\CCCCCCCCCOCC(COC1OC(CO)C(O)C(O)C1O)OC(=O)CCCCCCCCCCCCCCCCCCCCCCCC. The molecule has 1 aliphatic heterocycles. The van der Waals surface area contributed by atoms with Crippen molar-refractivity contribution in [1.82, 2.24) is 0 Å². The van der Waals surface area contributed by atoms with Crippen molar-refractivity contribution in [1.29, 1.82) is 0 Å². The molecule has 412 valence electrons. The Morgan fingerprint density at radius 2 is 0.859 bits per heavy atom. The summed E-state index contributed by atoms with van der Waals surface area (Å²) in [5.41, 5.74) is 0. The van der Waals surface area contributed by atoms with E-state index in [9.17, 15) is 25.2 Å². The van der Waals surface area contributed by atoms with Gasteiger partial charge in [0, 0.05) is 13.0 Å². The fourth-order valence-corrected chi connectivity index (χ4v) is 8.85. The summed E-state index contributed by atoms with van der Waals surface area (Å²) in [6, 6.07) is 0. The maximum absolute atomic E-state index is 12.9. The summed E-state index contributed by atoms with van der Waals surface area (Å²) < 4.78 is 23.0. The molecule has 1 aliphatic rings. The minimum atomic E-state index is -1.54. The van der Waals surface area contributed by atoms with Gasteiger partial charge >= 0.3 is 5.97 Å². The van der Waals surface area contributed by atoms with Crippen molar-refractivity contribution in [2.45, 2.75) is 288 Å². The molecule has 0 aliphatic carbocycles. The zero-order chi connectivity index (χ0) is 51.3. The van der Waals surface area contributed by atoms with E-state index in [1.165, 1.54) is 148 Å². The minimum Gasteiger partial charge on any atom is -0.457 e. The smallest absolute Gasteiger partial charge is 0.306 e. The van der Waals surface area contributed by atoms with E-state index < -0.39 is 43.4 Å². The van der Waals surface area contributed by atoms with Crippen LogP contribution in [0.2, 0.25) is 0 Å². The summed E-state index contributed by atoms with van der Waals surface area (Å²) in [5, 5.41) is 40.4. The minimum absolute atomic E-state index is 0.119. The summed E-state index contributed by atoms with van der Waals surface area (Å²) in [7, 11) is 0. The van der Waals surface area contributed by atoms with Gasteiger partial charge in [-0.15, -0.1) is 0 Å². The highest BCUT2D eigenvalue weighted by molar-refractivity contribution is 5.69. The molecule has 9 heteroatoms. The lowest BCUT2D eigenvalue weighted by Gasteiger charge is -2.39. The van der Waals surface area contributed by atoms with Crippen molar-refractivity contribution < 1.29 is 44.2 Å². The summed E-state index contributed by atoms with van der Waals surface area (Å²) in [4.78, 5) is 12.9. The van der Waals surface area contributed by atoms with Crippen molar-refractivity contribution in [2.75, 3.05) is 26.4 Å². The predicted octanol–water partition coefficient (Wildman–Crippen LogP) is 15.5. The molecule has 6 unspecified atom stereocenters. The highest BCUT2D eigenvalue weighted by atomic mass is 16.7. The molecule has 71 heavy (non-hydrogen) atoms. The number of unbranched alkanes of at least 4 members (excludes halogenated alkanes) is 28. The van der Waals surface area contributed by atoms with E-state index in [4.69, 9.17) is 18.9 Å². The molecule has 1 saturated heterocycles. The molecule has 0 bridgehead atoms. The molecule has 0 aromatic carbocycles. The Hall–Kier alpha value is -2.37. The second-order valence-electron chi connectivity index (χ2n) is 20.1. The van der Waals surface area contributed by atoms with Crippen molar-refractivity contribution in [3.05, 3.63) is 72.9 Å². The number of aliphatic hydroxyl groups is 4. The molecule has 0 amide bonds. The number of carbonyl (C=O) groups is 1. The highest BCUT2D eigenvalue weighted by Crippen LogP contribution is 2.23. The maximum atomic E-state index is 12.9. The van der Waals surface area contributed by atoms with E-state index >= 15 is 0 Å². The van der Waals surface area contributed by atoms with Gasteiger partial charge in [0.2, 0.25) is 0 Å². The molecule has 4 N–H and O–H groups in total. The Labute approximate surface area is 436 Å². The molecule has 0 saturated carbocycles. The van der Waals surface area contributed by atoms with Crippen LogP contribution < -0.4 is 0 Å². The third-order valence-corrected chi connectivity index (χ3v) is 13.4. The summed E-state index contributed by atoms with van der Waals surface area (Å²) in [6.45, 7) is 4.45. The average Bonchev–Trinajstić information content (AvgIpc) is 3.37.